The van der Waals surface area contributed by atoms with Gasteiger partial charge in [0.25, 0.3) is 0 Å². The Morgan fingerprint density at radius 1 is 0.661 bits per heavy atom. The summed E-state index contributed by atoms with van der Waals surface area (Å²) in [6.45, 7) is 26.4. The molecule has 4 aromatic heterocycles. The fourth-order valence-electron chi connectivity index (χ4n) is 8.31. The maximum absolute atomic E-state index is 17.0. The first kappa shape index (κ1) is 48.0. The largest absolute Gasteiger partial charge is 0.491 e. The molecule has 0 spiro atoms. The number of hydrogen-bond donors (Lipinski definition) is 0. The number of ketones is 1. The van der Waals surface area contributed by atoms with Crippen molar-refractivity contribution < 1.29 is 18.7 Å². The average Bonchev–Trinajstić information content (AvgIpc) is 4.01. The second-order valence-electron chi connectivity index (χ2n) is 18.5. The third-order valence-corrected chi connectivity index (χ3v) is 18.6. The normalized spacial score (nSPS) is 13.6. The average molecular weight is 883 g/mol. The van der Waals surface area contributed by atoms with Crippen LogP contribution in [0.3, 0.4) is 0 Å². The summed E-state index contributed by atoms with van der Waals surface area (Å²) < 4.78 is 34.4. The third-order valence-electron chi connectivity index (χ3n) is 12.9. The number of thiophene rings is 4. The minimum Gasteiger partial charge on any atom is -0.491 e. The van der Waals surface area contributed by atoms with Gasteiger partial charge < -0.3 is 9.47 Å². The predicted octanol–water partition coefficient (Wildman–Crippen LogP) is 18.7. The highest BCUT2D eigenvalue weighted by molar-refractivity contribution is 7.30. The van der Waals surface area contributed by atoms with Crippen LogP contribution in [0.15, 0.2) is 12.1 Å². The molecule has 4 heterocycles. The first-order chi connectivity index (χ1) is 28.3. The molecule has 5 rings (SSSR count). The molecule has 2 atom stereocenters. The zero-order valence-corrected chi connectivity index (χ0v) is 41.7. The summed E-state index contributed by atoms with van der Waals surface area (Å²) in [6, 6.07) is 4.68. The van der Waals surface area contributed by atoms with Gasteiger partial charge in [0.15, 0.2) is 11.6 Å². The van der Waals surface area contributed by atoms with Crippen molar-refractivity contribution in [1.82, 2.24) is 0 Å². The third kappa shape index (κ3) is 11.0. The van der Waals surface area contributed by atoms with Gasteiger partial charge in [0.1, 0.15) is 16.4 Å². The summed E-state index contributed by atoms with van der Waals surface area (Å²) in [6.07, 6.45) is 18.1. The number of unbranched alkanes of at least 4 members (excludes halogenated alkanes) is 6. The summed E-state index contributed by atoms with van der Waals surface area (Å²) in [5, 5.41) is 2.84. The molecule has 2 unspecified atom stereocenters. The number of benzene rings is 1. The van der Waals surface area contributed by atoms with Gasteiger partial charge in [-0.1, -0.05) is 147 Å². The number of hydrogen-bond acceptors (Lipinski definition) is 7. The molecule has 59 heavy (non-hydrogen) atoms. The Kier molecular flexibility index (Phi) is 17.8. The predicted molar refractivity (Wildman–Crippen MR) is 262 cm³/mol. The molecule has 5 aromatic rings. The molecular formula is C51H75FO3S4. The number of Topliss-reactive ketones (excluding diaryl/α,β-unsaturated/α-hetero) is 1. The summed E-state index contributed by atoms with van der Waals surface area (Å²) in [5.74, 6) is 2.48. The van der Waals surface area contributed by atoms with Crippen molar-refractivity contribution in [2.75, 3.05) is 13.2 Å². The molecule has 0 N–H and O–H groups in total. The van der Waals surface area contributed by atoms with Crippen molar-refractivity contribution in [1.29, 1.82) is 0 Å². The number of carbonyl (C=O) groups is 1. The van der Waals surface area contributed by atoms with Crippen molar-refractivity contribution >= 4 is 81.4 Å². The van der Waals surface area contributed by atoms with E-state index in [1.165, 1.54) is 57.9 Å². The van der Waals surface area contributed by atoms with Crippen LogP contribution in [0, 0.1) is 17.7 Å². The second-order valence-corrected chi connectivity index (χ2v) is 22.6. The lowest BCUT2D eigenvalue weighted by atomic mass is 9.86. The minimum atomic E-state index is -0.328. The number of rotatable bonds is 27. The van der Waals surface area contributed by atoms with Crippen molar-refractivity contribution in [3.8, 4) is 21.3 Å². The number of halogens is 1. The second kappa shape index (κ2) is 21.9. The van der Waals surface area contributed by atoms with Crippen molar-refractivity contribution in [3.63, 3.8) is 0 Å². The molecule has 0 fully saturated rings. The van der Waals surface area contributed by atoms with Gasteiger partial charge in [0.2, 0.25) is 0 Å². The maximum Gasteiger partial charge on any atom is 0.175 e. The lowest BCUT2D eigenvalue weighted by Crippen LogP contribution is -2.14. The Hall–Kier alpha value is -2.00. The molecule has 0 radical (unpaired) electrons. The summed E-state index contributed by atoms with van der Waals surface area (Å²) in [5.41, 5.74) is -0.137. The van der Waals surface area contributed by atoms with E-state index in [-0.39, 0.29) is 22.4 Å². The molecule has 0 aliphatic heterocycles. The van der Waals surface area contributed by atoms with E-state index >= 15 is 4.39 Å². The molecule has 3 nitrogen and oxygen atoms in total. The van der Waals surface area contributed by atoms with Gasteiger partial charge in [-0.15, -0.1) is 45.3 Å². The van der Waals surface area contributed by atoms with Crippen LogP contribution in [0.2, 0.25) is 0 Å². The van der Waals surface area contributed by atoms with Crippen LogP contribution in [0.1, 0.15) is 205 Å². The highest BCUT2D eigenvalue weighted by Gasteiger charge is 2.33. The quantitative estimate of drug-likeness (QED) is 0.0389. The molecule has 0 aliphatic carbocycles. The van der Waals surface area contributed by atoms with E-state index in [1.54, 1.807) is 22.7 Å². The highest BCUT2D eigenvalue weighted by atomic mass is 32.1. The summed E-state index contributed by atoms with van der Waals surface area (Å²) in [4.78, 5) is 18.5. The van der Waals surface area contributed by atoms with E-state index in [2.05, 4.69) is 88.3 Å². The Morgan fingerprint density at radius 2 is 1.24 bits per heavy atom. The van der Waals surface area contributed by atoms with Gasteiger partial charge in [-0.3, -0.25) is 4.79 Å². The fraction of sp³-hybridized carbons (Fsp3) is 0.667. The van der Waals surface area contributed by atoms with Crippen molar-refractivity contribution in [2.24, 2.45) is 11.8 Å². The van der Waals surface area contributed by atoms with E-state index in [4.69, 9.17) is 9.47 Å². The van der Waals surface area contributed by atoms with Gasteiger partial charge >= 0.3 is 0 Å². The number of fused-ring (bicyclic) bond motifs is 3. The molecule has 328 valence electrons. The SMILES string of the molecule is CCCCCCCC(=O)c1sc2c(C(C)(C)CC)sc(-c3cc4c(OCC(CC)CCCC)c5sc(C(C)(C)CCC)cc5c(OCC(CC)CCCC)c4s3)c2c1F. The molecule has 0 saturated carbocycles. The summed E-state index contributed by atoms with van der Waals surface area (Å²) >= 11 is 6.71. The standard InChI is InChI=1S/C51H75FO3S4/c1-12-19-22-23-24-27-37(53)46-41(52)40-47(59-49(48(40)58-46)50(8,9)18-7)38-29-35-42(54-31-33(16-5)25-20-13-2)45-36(30-39(57-45)51(10,11)28-15-4)43(44(35)56-38)55-32-34(17-6)26-21-14-3/h29-30,33-34H,12-28,31-32H2,1-11H3. The van der Waals surface area contributed by atoms with Crippen LogP contribution < -0.4 is 9.47 Å². The summed E-state index contributed by atoms with van der Waals surface area (Å²) in [7, 11) is 0. The smallest absolute Gasteiger partial charge is 0.175 e. The van der Waals surface area contributed by atoms with Gasteiger partial charge in [-0.05, 0) is 61.5 Å². The van der Waals surface area contributed by atoms with Crippen LogP contribution in [-0.2, 0) is 10.8 Å². The zero-order chi connectivity index (χ0) is 42.9. The molecule has 1 aromatic carbocycles. The van der Waals surface area contributed by atoms with E-state index in [1.807, 2.05) is 11.3 Å². The molecule has 0 aliphatic rings. The van der Waals surface area contributed by atoms with Crippen molar-refractivity contribution in [2.45, 2.75) is 196 Å². The first-order valence-corrected chi connectivity index (χ1v) is 26.6. The van der Waals surface area contributed by atoms with Crippen molar-refractivity contribution in [3.05, 3.63) is 32.6 Å². The molecule has 0 saturated heterocycles. The zero-order valence-electron chi connectivity index (χ0n) is 38.5. The topological polar surface area (TPSA) is 35.5 Å². The van der Waals surface area contributed by atoms with Crippen LogP contribution >= 0.6 is 45.3 Å². The van der Waals surface area contributed by atoms with Gasteiger partial charge in [0.05, 0.1) is 32.2 Å². The molecular weight excluding hydrogens is 808 g/mol. The highest BCUT2D eigenvalue weighted by Crippen LogP contribution is 2.56. The lowest BCUT2D eigenvalue weighted by molar-refractivity contribution is 0.0979. The van der Waals surface area contributed by atoms with Gasteiger partial charge in [-0.2, -0.15) is 0 Å². The van der Waals surface area contributed by atoms with Crippen LogP contribution in [0.5, 0.6) is 11.5 Å². The lowest BCUT2D eigenvalue weighted by Gasteiger charge is -2.22. The molecule has 0 amide bonds. The minimum absolute atomic E-state index is 0.0257. The number of ether oxygens (including phenoxy) is 2. The van der Waals surface area contributed by atoms with Crippen LogP contribution in [0.4, 0.5) is 4.39 Å². The van der Waals surface area contributed by atoms with Crippen LogP contribution in [-0.4, -0.2) is 19.0 Å². The van der Waals surface area contributed by atoms with E-state index in [9.17, 15) is 4.79 Å². The Morgan fingerprint density at radius 3 is 1.80 bits per heavy atom. The Balaban J connectivity index is 1.75. The fourth-order valence-corrected chi connectivity index (χ4v) is 13.8. The Bertz CT molecular complexity index is 2030. The van der Waals surface area contributed by atoms with Gasteiger partial charge in [0, 0.05) is 42.6 Å². The van der Waals surface area contributed by atoms with E-state index < -0.39 is 0 Å². The molecule has 0 bridgehead atoms. The van der Waals surface area contributed by atoms with E-state index in [0.717, 1.165) is 112 Å². The monoisotopic (exact) mass is 882 g/mol. The maximum atomic E-state index is 17.0. The first-order valence-electron chi connectivity index (χ1n) is 23.4. The van der Waals surface area contributed by atoms with E-state index in [0.29, 0.717) is 41.7 Å². The number of carbonyl (C=O) groups excluding carboxylic acids is 1. The molecule has 8 heteroatoms. The Labute approximate surface area is 372 Å². The van der Waals surface area contributed by atoms with Crippen LogP contribution in [0.25, 0.3) is 40.0 Å². The van der Waals surface area contributed by atoms with Gasteiger partial charge in [-0.25, -0.2) is 4.39 Å².